The molecule has 0 aliphatic heterocycles. The summed E-state index contributed by atoms with van der Waals surface area (Å²) < 4.78 is 11.0. The van der Waals surface area contributed by atoms with Crippen LogP contribution in [0.5, 0.6) is 11.5 Å². The maximum atomic E-state index is 12.1. The highest BCUT2D eigenvalue weighted by molar-refractivity contribution is 7.09. The number of ketones is 1. The average Bonchev–Trinajstić information content (AvgIpc) is 3.25. The van der Waals surface area contributed by atoms with Gasteiger partial charge in [0.25, 0.3) is 0 Å². The largest absolute Gasteiger partial charge is 0.493 e. The van der Waals surface area contributed by atoms with Crippen LogP contribution >= 0.6 is 11.3 Å². The van der Waals surface area contributed by atoms with Crippen molar-refractivity contribution in [3.05, 3.63) is 58.7 Å². The lowest BCUT2D eigenvalue weighted by Gasteiger charge is -2.11. The van der Waals surface area contributed by atoms with Gasteiger partial charge in [0.2, 0.25) is 5.91 Å². The summed E-state index contributed by atoms with van der Waals surface area (Å²) in [5.41, 5.74) is 2.44. The Kier molecular flexibility index (Phi) is 7.51. The van der Waals surface area contributed by atoms with Crippen molar-refractivity contribution >= 4 is 23.0 Å². The number of carbonyl (C=O) groups excluding carboxylic acids is 2. The van der Waals surface area contributed by atoms with Crippen LogP contribution < -0.4 is 14.8 Å². The molecule has 2 heterocycles. The monoisotopic (exact) mass is 425 g/mol. The first kappa shape index (κ1) is 21.4. The first-order valence-electron chi connectivity index (χ1n) is 9.50. The molecule has 0 saturated carbocycles. The van der Waals surface area contributed by atoms with E-state index in [2.05, 4.69) is 15.3 Å². The molecule has 0 radical (unpaired) electrons. The molecule has 7 nitrogen and oxygen atoms in total. The lowest BCUT2D eigenvalue weighted by molar-refractivity contribution is -0.121. The van der Waals surface area contributed by atoms with Gasteiger partial charge in [0.1, 0.15) is 5.01 Å². The van der Waals surface area contributed by atoms with Gasteiger partial charge in [0.15, 0.2) is 17.3 Å². The number of rotatable bonds is 10. The molecule has 0 unspecified atom stereocenters. The van der Waals surface area contributed by atoms with Gasteiger partial charge >= 0.3 is 0 Å². The van der Waals surface area contributed by atoms with Crippen molar-refractivity contribution in [1.29, 1.82) is 0 Å². The minimum absolute atomic E-state index is 0.0374. The van der Waals surface area contributed by atoms with Crippen LogP contribution in [0.2, 0.25) is 0 Å². The lowest BCUT2D eigenvalue weighted by atomic mass is 10.1. The fourth-order valence-corrected chi connectivity index (χ4v) is 3.47. The van der Waals surface area contributed by atoms with Crippen molar-refractivity contribution in [3.8, 4) is 22.8 Å². The van der Waals surface area contributed by atoms with E-state index >= 15 is 0 Å². The van der Waals surface area contributed by atoms with Gasteiger partial charge in [-0.1, -0.05) is 0 Å². The SMILES string of the molecule is COc1cc(C(C)=O)ccc1OCCCC(=O)NCc1nc(-c2ccncc2)cs1. The normalized spacial score (nSPS) is 10.5. The van der Waals surface area contributed by atoms with Crippen molar-refractivity contribution in [2.45, 2.75) is 26.3 Å². The maximum absolute atomic E-state index is 12.1. The van der Waals surface area contributed by atoms with Gasteiger partial charge in [-0.25, -0.2) is 4.98 Å². The molecule has 2 aromatic heterocycles. The number of pyridine rings is 1. The zero-order valence-corrected chi connectivity index (χ0v) is 17.7. The van der Waals surface area contributed by atoms with Crippen LogP contribution in [0.4, 0.5) is 0 Å². The van der Waals surface area contributed by atoms with E-state index in [1.165, 1.54) is 25.4 Å². The van der Waals surface area contributed by atoms with Crippen LogP contribution in [-0.4, -0.2) is 35.4 Å². The van der Waals surface area contributed by atoms with Crippen molar-refractivity contribution in [1.82, 2.24) is 15.3 Å². The van der Waals surface area contributed by atoms with Crippen LogP contribution in [0.1, 0.15) is 35.1 Å². The summed E-state index contributed by atoms with van der Waals surface area (Å²) in [6.07, 6.45) is 4.36. The predicted molar refractivity (Wildman–Crippen MR) is 115 cm³/mol. The minimum atomic E-state index is -0.0573. The highest BCUT2D eigenvalue weighted by atomic mass is 32.1. The van der Waals surface area contributed by atoms with Crippen LogP contribution in [0.25, 0.3) is 11.3 Å². The Hall–Kier alpha value is -3.26. The summed E-state index contributed by atoms with van der Waals surface area (Å²) >= 11 is 1.51. The molecule has 8 heteroatoms. The van der Waals surface area contributed by atoms with Gasteiger partial charge < -0.3 is 14.8 Å². The van der Waals surface area contributed by atoms with E-state index in [9.17, 15) is 9.59 Å². The Balaban J connectivity index is 1.40. The summed E-state index contributed by atoms with van der Waals surface area (Å²) in [5, 5.41) is 5.70. The van der Waals surface area contributed by atoms with Gasteiger partial charge in [-0.05, 0) is 43.7 Å². The van der Waals surface area contributed by atoms with Gasteiger partial charge in [0, 0.05) is 35.3 Å². The van der Waals surface area contributed by atoms with Crippen LogP contribution in [0.15, 0.2) is 48.1 Å². The second kappa shape index (κ2) is 10.5. The van der Waals surface area contributed by atoms with Crippen molar-refractivity contribution < 1.29 is 19.1 Å². The Morgan fingerprint density at radius 1 is 1.13 bits per heavy atom. The third kappa shape index (κ3) is 5.87. The number of hydrogen-bond donors (Lipinski definition) is 1. The molecular weight excluding hydrogens is 402 g/mol. The van der Waals surface area contributed by atoms with Crippen molar-refractivity contribution in [2.24, 2.45) is 0 Å². The van der Waals surface area contributed by atoms with Crippen LogP contribution in [0, 0.1) is 0 Å². The average molecular weight is 426 g/mol. The molecule has 156 valence electrons. The third-order valence-electron chi connectivity index (χ3n) is 4.34. The molecule has 3 aromatic rings. The van der Waals surface area contributed by atoms with E-state index in [0.717, 1.165) is 16.3 Å². The number of benzene rings is 1. The van der Waals surface area contributed by atoms with Crippen LogP contribution in [0.3, 0.4) is 0 Å². The summed E-state index contributed by atoms with van der Waals surface area (Å²) in [7, 11) is 1.53. The fraction of sp³-hybridized carbons (Fsp3) is 0.273. The molecule has 0 aliphatic carbocycles. The molecule has 0 fully saturated rings. The molecule has 0 bridgehead atoms. The first-order valence-corrected chi connectivity index (χ1v) is 10.4. The van der Waals surface area contributed by atoms with E-state index in [-0.39, 0.29) is 11.7 Å². The number of ether oxygens (including phenoxy) is 2. The summed E-state index contributed by atoms with van der Waals surface area (Å²) in [6, 6.07) is 8.86. The molecule has 30 heavy (non-hydrogen) atoms. The molecule has 1 amide bonds. The van der Waals surface area contributed by atoms with E-state index in [0.29, 0.717) is 43.1 Å². The van der Waals surface area contributed by atoms with Gasteiger partial charge in [-0.3, -0.25) is 14.6 Å². The Bertz CT molecular complexity index is 1000. The standard InChI is InChI=1S/C22H23N3O4S/c1-15(26)17-5-6-19(20(12-17)28-2)29-11-3-4-21(27)24-13-22-25-18(14-30-22)16-7-9-23-10-8-16/h5-10,12,14H,3-4,11,13H2,1-2H3,(H,24,27). The van der Waals surface area contributed by atoms with Crippen molar-refractivity contribution in [2.75, 3.05) is 13.7 Å². The number of nitrogens with zero attached hydrogens (tertiary/aromatic N) is 2. The van der Waals surface area contributed by atoms with E-state index in [1.54, 1.807) is 30.6 Å². The summed E-state index contributed by atoms with van der Waals surface area (Å²) in [6.45, 7) is 2.27. The lowest BCUT2D eigenvalue weighted by Crippen LogP contribution is -2.22. The number of hydrogen-bond acceptors (Lipinski definition) is 7. The number of carbonyl (C=O) groups is 2. The topological polar surface area (TPSA) is 90.4 Å². The van der Waals surface area contributed by atoms with E-state index < -0.39 is 0 Å². The third-order valence-corrected chi connectivity index (χ3v) is 5.19. The highest BCUT2D eigenvalue weighted by Gasteiger charge is 2.10. The number of thiazole rings is 1. The quantitative estimate of drug-likeness (QED) is 0.391. The first-order chi connectivity index (χ1) is 14.6. The molecule has 0 spiro atoms. The number of nitrogens with one attached hydrogen (secondary N) is 1. The maximum Gasteiger partial charge on any atom is 0.220 e. The number of amides is 1. The fourth-order valence-electron chi connectivity index (χ4n) is 2.73. The zero-order chi connectivity index (χ0) is 21.3. The van der Waals surface area contributed by atoms with Gasteiger partial charge in [0.05, 0.1) is 26.0 Å². The van der Waals surface area contributed by atoms with E-state index in [4.69, 9.17) is 9.47 Å². The summed E-state index contributed by atoms with van der Waals surface area (Å²) in [5.74, 6) is 0.957. The second-order valence-electron chi connectivity index (χ2n) is 6.51. The summed E-state index contributed by atoms with van der Waals surface area (Å²) in [4.78, 5) is 32.1. The molecule has 0 atom stereocenters. The minimum Gasteiger partial charge on any atom is -0.493 e. The number of Topliss-reactive ketones (excluding diaryl/α,β-unsaturated/α-hetero) is 1. The molecular formula is C22H23N3O4S. The second-order valence-corrected chi connectivity index (χ2v) is 7.46. The smallest absolute Gasteiger partial charge is 0.220 e. The Morgan fingerprint density at radius 3 is 2.67 bits per heavy atom. The van der Waals surface area contributed by atoms with Crippen LogP contribution in [-0.2, 0) is 11.3 Å². The molecule has 0 aliphatic rings. The molecule has 0 saturated heterocycles. The highest BCUT2D eigenvalue weighted by Crippen LogP contribution is 2.28. The molecule has 3 rings (SSSR count). The Morgan fingerprint density at radius 2 is 1.93 bits per heavy atom. The number of methoxy groups -OCH3 is 1. The van der Waals surface area contributed by atoms with Gasteiger partial charge in [-0.15, -0.1) is 11.3 Å². The Labute approximate surface area is 179 Å². The molecule has 1 N–H and O–H groups in total. The number of aromatic nitrogens is 2. The van der Waals surface area contributed by atoms with Crippen molar-refractivity contribution in [3.63, 3.8) is 0 Å². The predicted octanol–water partition coefficient (Wildman–Crippen LogP) is 3.89. The zero-order valence-electron chi connectivity index (χ0n) is 16.9. The van der Waals surface area contributed by atoms with Gasteiger partial charge in [-0.2, -0.15) is 0 Å². The molecule has 1 aromatic carbocycles. The van der Waals surface area contributed by atoms with E-state index in [1.807, 2.05) is 17.5 Å².